The Kier molecular flexibility index (Phi) is 5.58. The van der Waals surface area contributed by atoms with E-state index in [2.05, 4.69) is 10.6 Å². The maximum atomic E-state index is 15.0. The molecule has 1 aliphatic heterocycles. The van der Waals surface area contributed by atoms with Crippen LogP contribution in [0.5, 0.6) is 0 Å². The van der Waals surface area contributed by atoms with Gasteiger partial charge in [-0.2, -0.15) is 0 Å². The third kappa shape index (κ3) is 4.56. The number of halogens is 1. The molecular formula is C20H23FN4O4. The molecule has 9 heteroatoms. The van der Waals surface area contributed by atoms with Crippen LogP contribution in [0.3, 0.4) is 0 Å². The highest BCUT2D eigenvalue weighted by Crippen LogP contribution is 2.34. The van der Waals surface area contributed by atoms with Gasteiger partial charge in [-0.05, 0) is 37.6 Å². The summed E-state index contributed by atoms with van der Waals surface area (Å²) in [6.45, 7) is 3.39. The summed E-state index contributed by atoms with van der Waals surface area (Å²) in [5, 5.41) is 5.53. The largest absolute Gasteiger partial charge is 0.442 e. The lowest BCUT2D eigenvalue weighted by Crippen LogP contribution is -2.39. The first-order valence-electron chi connectivity index (χ1n) is 9.16. The molecule has 3 rings (SSSR count). The van der Waals surface area contributed by atoms with Gasteiger partial charge in [0, 0.05) is 18.3 Å². The van der Waals surface area contributed by atoms with Gasteiger partial charge in [0.15, 0.2) is 0 Å². The van der Waals surface area contributed by atoms with Crippen molar-refractivity contribution in [3.63, 3.8) is 0 Å². The van der Waals surface area contributed by atoms with Gasteiger partial charge in [0.2, 0.25) is 11.3 Å². The molecule has 2 aliphatic rings. The first-order chi connectivity index (χ1) is 13.7. The van der Waals surface area contributed by atoms with Gasteiger partial charge < -0.3 is 21.1 Å². The minimum atomic E-state index is -1.16. The maximum absolute atomic E-state index is 15.0. The van der Waals surface area contributed by atoms with Crippen molar-refractivity contribution in [1.29, 1.82) is 0 Å². The lowest BCUT2D eigenvalue weighted by molar-refractivity contribution is -0.119. The van der Waals surface area contributed by atoms with Crippen LogP contribution in [0.25, 0.3) is 0 Å². The minimum Gasteiger partial charge on any atom is -0.442 e. The van der Waals surface area contributed by atoms with Crippen LogP contribution in [0.1, 0.15) is 20.3 Å². The molecule has 29 heavy (non-hydrogen) atoms. The Hall–Kier alpha value is -3.36. The van der Waals surface area contributed by atoms with Crippen LogP contribution in [-0.4, -0.2) is 41.6 Å². The zero-order valence-corrected chi connectivity index (χ0v) is 16.2. The van der Waals surface area contributed by atoms with Crippen LogP contribution in [0.2, 0.25) is 0 Å². The van der Waals surface area contributed by atoms with Gasteiger partial charge in [-0.1, -0.05) is 12.1 Å². The van der Waals surface area contributed by atoms with Crippen LogP contribution in [-0.2, 0) is 9.53 Å². The third-order valence-electron chi connectivity index (χ3n) is 4.81. The van der Waals surface area contributed by atoms with Gasteiger partial charge in [-0.3, -0.25) is 14.5 Å². The van der Waals surface area contributed by atoms with Crippen LogP contribution in [0, 0.1) is 0 Å². The molecule has 0 spiro atoms. The molecule has 0 radical (unpaired) electrons. The third-order valence-corrected chi connectivity index (χ3v) is 4.81. The molecule has 1 aromatic carbocycles. The molecule has 2 amide bonds. The summed E-state index contributed by atoms with van der Waals surface area (Å²) in [6, 6.07) is 5.93. The molecule has 2 atom stereocenters. The average Bonchev–Trinajstić information content (AvgIpc) is 2.94. The number of hydrogen-bond acceptors (Lipinski definition) is 6. The van der Waals surface area contributed by atoms with Gasteiger partial charge >= 0.3 is 6.09 Å². The molecule has 0 saturated carbocycles. The van der Waals surface area contributed by atoms with Crippen molar-refractivity contribution >= 4 is 23.4 Å². The van der Waals surface area contributed by atoms with E-state index in [-0.39, 0.29) is 36.5 Å². The van der Waals surface area contributed by atoms with Crippen molar-refractivity contribution < 1.29 is 18.7 Å². The fourth-order valence-electron chi connectivity index (χ4n) is 3.17. The summed E-state index contributed by atoms with van der Waals surface area (Å²) in [5.41, 5.74) is 5.24. The van der Waals surface area contributed by atoms with E-state index in [1.807, 2.05) is 0 Å². The highest BCUT2D eigenvalue weighted by molar-refractivity contribution is 5.74. The van der Waals surface area contributed by atoms with E-state index in [1.54, 1.807) is 19.1 Å². The number of nitrogen functional groups attached to an aromatic ring is 1. The van der Waals surface area contributed by atoms with Crippen molar-refractivity contribution in [2.45, 2.75) is 31.9 Å². The summed E-state index contributed by atoms with van der Waals surface area (Å²) in [6.07, 6.45) is 2.04. The number of nitrogens with zero attached hydrogens (tertiary/aromatic N) is 1. The monoisotopic (exact) mass is 402 g/mol. The quantitative estimate of drug-likeness (QED) is 0.693. The summed E-state index contributed by atoms with van der Waals surface area (Å²) in [4.78, 5) is 36.7. The number of nitrogens with one attached hydrogen (secondary N) is 2. The van der Waals surface area contributed by atoms with Gasteiger partial charge in [-0.15, -0.1) is 0 Å². The predicted molar refractivity (Wildman–Crippen MR) is 107 cm³/mol. The summed E-state index contributed by atoms with van der Waals surface area (Å²) < 4.78 is 20.2. The van der Waals surface area contributed by atoms with Crippen LogP contribution >= 0.6 is 0 Å². The Labute approximate surface area is 167 Å². The lowest BCUT2D eigenvalue weighted by Gasteiger charge is -2.33. The molecule has 1 aliphatic carbocycles. The number of ether oxygens (including phenoxy) is 1. The molecule has 4 N–H and O–H groups in total. The number of hydrogen-bond donors (Lipinski definition) is 3. The average molecular weight is 402 g/mol. The van der Waals surface area contributed by atoms with Gasteiger partial charge in [0.1, 0.15) is 11.9 Å². The Morgan fingerprint density at radius 3 is 2.86 bits per heavy atom. The number of allylic oxidation sites excluding steroid dienone is 1. The SMILES string of the molecule is CC(=O)NC[C@H]1CN(C2=CCC(C)(Nc3cc(N)cccc3=O)C(F)=C2)C(=O)O1. The Morgan fingerprint density at radius 2 is 2.17 bits per heavy atom. The minimum absolute atomic E-state index is 0.186. The number of anilines is 2. The second-order valence-corrected chi connectivity index (χ2v) is 7.28. The first-order valence-corrected chi connectivity index (χ1v) is 9.16. The lowest BCUT2D eigenvalue weighted by atomic mass is 9.90. The molecule has 1 heterocycles. The molecule has 8 nitrogen and oxygen atoms in total. The highest BCUT2D eigenvalue weighted by atomic mass is 19.1. The first kappa shape index (κ1) is 20.4. The fourth-order valence-corrected chi connectivity index (χ4v) is 3.17. The summed E-state index contributed by atoms with van der Waals surface area (Å²) in [7, 11) is 0. The predicted octanol–water partition coefficient (Wildman–Crippen LogP) is 1.90. The van der Waals surface area contributed by atoms with E-state index in [0.717, 1.165) is 0 Å². The van der Waals surface area contributed by atoms with Crippen molar-refractivity contribution in [2.24, 2.45) is 0 Å². The van der Waals surface area contributed by atoms with E-state index in [9.17, 15) is 14.4 Å². The number of cyclic esters (lactones) is 1. The second kappa shape index (κ2) is 7.94. The molecule has 1 unspecified atom stereocenters. The molecular weight excluding hydrogens is 379 g/mol. The summed E-state index contributed by atoms with van der Waals surface area (Å²) >= 11 is 0. The number of carbonyl (C=O) groups excluding carboxylic acids is 2. The number of amides is 2. The zero-order valence-electron chi connectivity index (χ0n) is 16.2. The van der Waals surface area contributed by atoms with Crippen molar-refractivity contribution in [2.75, 3.05) is 24.1 Å². The van der Waals surface area contributed by atoms with Crippen LogP contribution in [0.15, 0.2) is 52.7 Å². The molecule has 1 saturated heterocycles. The number of nitrogens with two attached hydrogens (primary N) is 1. The topological polar surface area (TPSA) is 114 Å². The van der Waals surface area contributed by atoms with E-state index >= 15 is 4.39 Å². The number of rotatable bonds is 5. The molecule has 0 bridgehead atoms. The molecule has 1 aromatic rings. The number of carbonyl (C=O) groups is 2. The van der Waals surface area contributed by atoms with Crippen LogP contribution in [0.4, 0.5) is 20.6 Å². The summed E-state index contributed by atoms with van der Waals surface area (Å²) in [5.74, 6) is -0.755. The van der Waals surface area contributed by atoms with E-state index < -0.39 is 23.6 Å². The van der Waals surface area contributed by atoms with E-state index in [4.69, 9.17) is 10.5 Å². The molecule has 0 aromatic heterocycles. The molecule has 1 fully saturated rings. The van der Waals surface area contributed by atoms with Crippen LogP contribution < -0.4 is 21.8 Å². The maximum Gasteiger partial charge on any atom is 0.414 e. The van der Waals surface area contributed by atoms with E-state index in [0.29, 0.717) is 11.4 Å². The molecule has 154 valence electrons. The normalized spacial score (nSPS) is 23.8. The van der Waals surface area contributed by atoms with E-state index in [1.165, 1.54) is 36.1 Å². The highest BCUT2D eigenvalue weighted by Gasteiger charge is 2.38. The Bertz CT molecular complexity index is 962. The van der Waals surface area contributed by atoms with Gasteiger partial charge in [0.25, 0.3) is 0 Å². The Balaban J connectivity index is 1.74. The standard InChI is InChI=1S/C20H23FN4O4/c1-12(26)23-10-15-11-25(19(28)29-15)14-6-7-20(2,18(21)9-14)24-16-8-13(22)4-3-5-17(16)27/h3-6,8-9,15H,7,10-11,22H2,1-2H3,(H,23,26)(H,24,27)/t15-,20?/m0/s1. The van der Waals surface area contributed by atoms with Crippen molar-refractivity contribution in [3.05, 3.63) is 58.2 Å². The van der Waals surface area contributed by atoms with Crippen molar-refractivity contribution in [1.82, 2.24) is 10.2 Å². The van der Waals surface area contributed by atoms with Gasteiger partial charge in [0.05, 0.1) is 24.3 Å². The second-order valence-electron chi connectivity index (χ2n) is 7.28. The zero-order chi connectivity index (χ0) is 21.2. The smallest absolute Gasteiger partial charge is 0.414 e. The fraction of sp³-hybridized carbons (Fsp3) is 0.350. The Morgan fingerprint density at radius 1 is 1.41 bits per heavy atom. The van der Waals surface area contributed by atoms with Gasteiger partial charge in [-0.25, -0.2) is 9.18 Å². The van der Waals surface area contributed by atoms with Crippen molar-refractivity contribution in [3.8, 4) is 0 Å².